The number of ether oxygens (including phenoxy) is 1. The summed E-state index contributed by atoms with van der Waals surface area (Å²) in [5, 5.41) is 13.6. The molecule has 7 heteroatoms. The number of rotatable bonds is 13. The Morgan fingerprint density at radius 1 is 0.744 bits per heavy atom. The molecule has 0 fully saturated rings. The van der Waals surface area contributed by atoms with E-state index in [1.807, 2.05) is 6.07 Å². The van der Waals surface area contributed by atoms with E-state index < -0.39 is 17.5 Å². The van der Waals surface area contributed by atoms with Crippen LogP contribution in [0.25, 0.3) is 22.3 Å². The summed E-state index contributed by atoms with van der Waals surface area (Å²) in [5.74, 6) is -0.140. The monoisotopic (exact) mass is 588 g/mol. The molecule has 0 heterocycles. The number of carbonyl (C=O) groups excluding carboxylic acids is 1. The molecule has 4 aromatic rings. The fraction of sp³-hybridized carbons (Fsp3) is 0.306. The summed E-state index contributed by atoms with van der Waals surface area (Å²) < 4.78 is 45.6. The van der Waals surface area contributed by atoms with E-state index in [1.54, 1.807) is 36.2 Å². The van der Waals surface area contributed by atoms with E-state index in [9.17, 15) is 23.1 Å². The largest absolute Gasteiger partial charge is 0.497 e. The molecule has 0 aromatic heterocycles. The van der Waals surface area contributed by atoms with Crippen LogP contribution in [0.1, 0.15) is 60.0 Å². The molecule has 4 aromatic carbocycles. The number of unbranched alkanes of at least 4 members (excludes halogenated alkanes) is 5. The van der Waals surface area contributed by atoms with Crippen molar-refractivity contribution >= 4 is 5.91 Å². The van der Waals surface area contributed by atoms with E-state index in [4.69, 9.17) is 4.74 Å². The predicted molar refractivity (Wildman–Crippen MR) is 164 cm³/mol. The van der Waals surface area contributed by atoms with Gasteiger partial charge in [-0.2, -0.15) is 13.2 Å². The molecular formula is C36H37F3NO3. The molecule has 0 bridgehead atoms. The zero-order valence-electron chi connectivity index (χ0n) is 24.6. The Kier molecular flexibility index (Phi) is 10.9. The van der Waals surface area contributed by atoms with Gasteiger partial charge < -0.3 is 9.64 Å². The Balaban J connectivity index is 1.46. The zero-order valence-corrected chi connectivity index (χ0v) is 24.6. The van der Waals surface area contributed by atoms with Crippen molar-refractivity contribution in [3.8, 4) is 33.8 Å². The van der Waals surface area contributed by atoms with Crippen LogP contribution in [0.5, 0.6) is 11.5 Å². The van der Waals surface area contributed by atoms with Crippen molar-refractivity contribution in [3.63, 3.8) is 0 Å². The molecule has 0 spiro atoms. The average Bonchev–Trinajstić information content (AvgIpc) is 3.02. The van der Waals surface area contributed by atoms with Gasteiger partial charge in [0.2, 0.25) is 0 Å². The number of halogens is 3. The molecule has 0 unspecified atom stereocenters. The lowest BCUT2D eigenvalue weighted by molar-refractivity contribution is -0.137. The maximum Gasteiger partial charge on any atom is 0.416 e. The summed E-state index contributed by atoms with van der Waals surface area (Å²) in [6.45, 7) is 0.540. The number of hydrogen-bond donors (Lipinski definition) is 0. The molecule has 0 aliphatic heterocycles. The molecule has 0 saturated heterocycles. The van der Waals surface area contributed by atoms with Crippen LogP contribution in [0.3, 0.4) is 0 Å². The van der Waals surface area contributed by atoms with Gasteiger partial charge in [0.25, 0.3) is 5.91 Å². The normalized spacial score (nSPS) is 11.4. The summed E-state index contributed by atoms with van der Waals surface area (Å²) in [5.41, 5.74) is 1.70. The number of amides is 1. The molecule has 4 rings (SSSR count). The number of aryl methyl sites for hydroxylation is 1. The lowest BCUT2D eigenvalue weighted by atomic mass is 9.93. The fourth-order valence-electron chi connectivity index (χ4n) is 5.17. The molecule has 43 heavy (non-hydrogen) atoms. The molecule has 0 N–H and O–H groups in total. The Morgan fingerprint density at radius 2 is 1.37 bits per heavy atom. The molecule has 0 aliphatic rings. The Bertz CT molecular complexity index is 1480. The van der Waals surface area contributed by atoms with Gasteiger partial charge >= 0.3 is 6.18 Å². The van der Waals surface area contributed by atoms with Gasteiger partial charge in [0.15, 0.2) is 5.75 Å². The second-order valence-electron chi connectivity index (χ2n) is 10.8. The first-order valence-electron chi connectivity index (χ1n) is 14.6. The fourth-order valence-corrected chi connectivity index (χ4v) is 5.17. The van der Waals surface area contributed by atoms with Crippen LogP contribution in [-0.2, 0) is 17.7 Å². The van der Waals surface area contributed by atoms with Gasteiger partial charge in [-0.3, -0.25) is 9.90 Å². The number of nitrogens with zero attached hydrogens (tertiary/aromatic N) is 1. The van der Waals surface area contributed by atoms with Crippen molar-refractivity contribution in [1.82, 2.24) is 4.90 Å². The highest BCUT2D eigenvalue weighted by Gasteiger charge is 2.31. The Labute approximate surface area is 251 Å². The summed E-state index contributed by atoms with van der Waals surface area (Å²) in [6, 6.07) is 24.8. The quantitative estimate of drug-likeness (QED) is 0.146. The van der Waals surface area contributed by atoms with E-state index in [-0.39, 0.29) is 28.2 Å². The third-order valence-corrected chi connectivity index (χ3v) is 7.64. The van der Waals surface area contributed by atoms with Crippen molar-refractivity contribution < 1.29 is 27.8 Å². The molecule has 0 aliphatic carbocycles. The topological polar surface area (TPSA) is 49.4 Å². The lowest BCUT2D eigenvalue weighted by Crippen LogP contribution is -2.27. The van der Waals surface area contributed by atoms with Crippen LogP contribution >= 0.6 is 0 Å². The molecule has 1 amide bonds. The smallest absolute Gasteiger partial charge is 0.416 e. The van der Waals surface area contributed by atoms with E-state index in [0.717, 1.165) is 57.1 Å². The number of hydrogen-bond acceptors (Lipinski definition) is 2. The second kappa shape index (κ2) is 14.8. The number of carbonyl (C=O) groups is 1. The van der Waals surface area contributed by atoms with Crippen molar-refractivity contribution in [2.75, 3.05) is 20.7 Å². The number of methoxy groups -OCH3 is 1. The van der Waals surface area contributed by atoms with Gasteiger partial charge in [-0.05, 0) is 72.4 Å². The number of benzene rings is 4. The summed E-state index contributed by atoms with van der Waals surface area (Å²) in [6.07, 6.45) is 2.90. The minimum Gasteiger partial charge on any atom is -0.497 e. The van der Waals surface area contributed by atoms with Gasteiger partial charge in [0.1, 0.15) is 5.75 Å². The van der Waals surface area contributed by atoms with Crippen LogP contribution < -0.4 is 4.74 Å². The third kappa shape index (κ3) is 8.63. The highest BCUT2D eigenvalue weighted by atomic mass is 19.4. The van der Waals surface area contributed by atoms with Crippen LogP contribution in [0.2, 0.25) is 0 Å². The highest BCUT2D eigenvalue weighted by Crippen LogP contribution is 2.42. The van der Waals surface area contributed by atoms with Gasteiger partial charge in [-0.1, -0.05) is 80.3 Å². The first kappa shape index (κ1) is 31.7. The van der Waals surface area contributed by atoms with Crippen LogP contribution in [0.15, 0.2) is 91.0 Å². The molecular weight excluding hydrogens is 551 g/mol. The van der Waals surface area contributed by atoms with E-state index in [0.29, 0.717) is 17.9 Å². The summed E-state index contributed by atoms with van der Waals surface area (Å²) in [4.78, 5) is 15.1. The zero-order chi connectivity index (χ0) is 30.8. The molecule has 0 saturated carbocycles. The molecule has 225 valence electrons. The number of alkyl halides is 3. The Morgan fingerprint density at radius 3 is 2.02 bits per heavy atom. The van der Waals surface area contributed by atoms with Crippen molar-refractivity contribution in [3.05, 3.63) is 108 Å². The maximum atomic E-state index is 13.6. The maximum absolute atomic E-state index is 13.6. The SMILES string of the molecule is COc1ccc(-c2cc(C(=O)N(C)CCCCCCCCc3ccccc3)cc(-c3cccc(C(F)(F)F)c3)c2[O])cc1. The highest BCUT2D eigenvalue weighted by molar-refractivity contribution is 5.99. The van der Waals surface area contributed by atoms with Crippen molar-refractivity contribution in [2.24, 2.45) is 0 Å². The average molecular weight is 589 g/mol. The second-order valence-corrected chi connectivity index (χ2v) is 10.8. The minimum absolute atomic E-state index is 0.0478. The summed E-state index contributed by atoms with van der Waals surface area (Å²) in [7, 11) is 3.24. The van der Waals surface area contributed by atoms with Gasteiger partial charge in [0, 0.05) is 30.3 Å². The van der Waals surface area contributed by atoms with Crippen LogP contribution in [0, 0.1) is 0 Å². The first-order chi connectivity index (χ1) is 20.7. The van der Waals surface area contributed by atoms with Crippen LogP contribution in [-0.4, -0.2) is 31.5 Å². The third-order valence-electron chi connectivity index (χ3n) is 7.64. The summed E-state index contributed by atoms with van der Waals surface area (Å²) >= 11 is 0. The van der Waals surface area contributed by atoms with Crippen LogP contribution in [0.4, 0.5) is 13.2 Å². The minimum atomic E-state index is -4.56. The molecule has 0 atom stereocenters. The van der Waals surface area contributed by atoms with Crippen molar-refractivity contribution in [2.45, 2.75) is 51.1 Å². The molecule has 4 nitrogen and oxygen atoms in total. The van der Waals surface area contributed by atoms with Gasteiger partial charge in [-0.15, -0.1) is 0 Å². The van der Waals surface area contributed by atoms with Crippen molar-refractivity contribution in [1.29, 1.82) is 0 Å². The van der Waals surface area contributed by atoms with E-state index in [1.165, 1.54) is 36.9 Å². The predicted octanol–water partition coefficient (Wildman–Crippen LogP) is 9.85. The standard InChI is InChI=1S/C36H37F3NO3/c1-40(22-11-6-4-3-5-8-13-26-14-9-7-10-15-26)35(42)29-24-32(27-18-20-31(43-2)21-19-27)34(41)33(25-29)28-16-12-17-30(23-28)36(37,38)39/h7,9-10,12,14-21,23-25H,3-6,8,11,13,22H2,1-2H3. The van der Waals surface area contributed by atoms with Gasteiger partial charge in [0.05, 0.1) is 12.7 Å². The Hall–Kier alpha value is -4.26. The molecule has 1 radical (unpaired) electrons. The van der Waals surface area contributed by atoms with E-state index >= 15 is 0 Å². The lowest BCUT2D eigenvalue weighted by Gasteiger charge is -2.19. The first-order valence-corrected chi connectivity index (χ1v) is 14.6. The van der Waals surface area contributed by atoms with E-state index in [2.05, 4.69) is 24.3 Å². The van der Waals surface area contributed by atoms with Gasteiger partial charge in [-0.25, -0.2) is 0 Å².